The molecule has 0 atom stereocenters. The van der Waals surface area contributed by atoms with Crippen molar-refractivity contribution in [3.8, 4) is 5.75 Å². The number of rotatable bonds is 6. The molecule has 0 aliphatic heterocycles. The lowest BCUT2D eigenvalue weighted by atomic mass is 10.2. The van der Waals surface area contributed by atoms with Crippen LogP contribution in [0.2, 0.25) is 0 Å². The van der Waals surface area contributed by atoms with E-state index in [0.29, 0.717) is 19.2 Å². The van der Waals surface area contributed by atoms with Gasteiger partial charge in [0.25, 0.3) is 0 Å². The molecule has 4 nitrogen and oxygen atoms in total. The molecule has 102 valence electrons. The average Bonchev–Trinajstić information content (AvgIpc) is 2.81. The van der Waals surface area contributed by atoms with Crippen molar-refractivity contribution in [1.82, 2.24) is 10.3 Å². The lowest BCUT2D eigenvalue weighted by Gasteiger charge is -2.09. The highest BCUT2D eigenvalue weighted by Gasteiger charge is 2.08. The molecular weight excluding hydrogens is 308 g/mol. The third-order valence-corrected chi connectivity index (χ3v) is 3.02. The minimum atomic E-state index is 0.424. The third kappa shape index (κ3) is 4.36. The van der Waals surface area contributed by atoms with Gasteiger partial charge in [-0.25, -0.2) is 0 Å². The first-order valence-corrected chi connectivity index (χ1v) is 6.96. The summed E-state index contributed by atoms with van der Waals surface area (Å²) in [6.07, 6.45) is 5.11. The highest BCUT2D eigenvalue weighted by molar-refractivity contribution is 9.10. The van der Waals surface area contributed by atoms with Crippen LogP contribution in [0.15, 0.2) is 39.7 Å². The first kappa shape index (κ1) is 14.1. The zero-order valence-corrected chi connectivity index (χ0v) is 12.6. The predicted molar refractivity (Wildman–Crippen MR) is 77.0 cm³/mol. The van der Waals surface area contributed by atoms with E-state index in [0.717, 1.165) is 21.5 Å². The van der Waals surface area contributed by atoms with Crippen molar-refractivity contribution >= 4 is 15.9 Å². The highest BCUT2D eigenvalue weighted by Crippen LogP contribution is 2.18. The van der Waals surface area contributed by atoms with Gasteiger partial charge >= 0.3 is 0 Å². The molecule has 19 heavy (non-hydrogen) atoms. The number of hydrogen-bond donors (Lipinski definition) is 1. The van der Waals surface area contributed by atoms with Crippen LogP contribution in [0.5, 0.6) is 5.75 Å². The second-order valence-electron chi connectivity index (χ2n) is 4.53. The van der Waals surface area contributed by atoms with Gasteiger partial charge in [-0.3, -0.25) is 4.98 Å². The third-order valence-electron chi connectivity index (χ3n) is 2.58. The summed E-state index contributed by atoms with van der Waals surface area (Å²) in [7, 11) is 0. The van der Waals surface area contributed by atoms with E-state index in [1.165, 1.54) is 0 Å². The van der Waals surface area contributed by atoms with Crippen LogP contribution >= 0.6 is 15.9 Å². The molecule has 2 heterocycles. The fourth-order valence-corrected chi connectivity index (χ4v) is 1.92. The van der Waals surface area contributed by atoms with Gasteiger partial charge in [0.1, 0.15) is 18.1 Å². The number of nitrogens with one attached hydrogen (secondary N) is 1. The SMILES string of the molecule is CC(C)NCc1occc1COc1cncc(Br)c1. The fraction of sp³-hybridized carbons (Fsp3) is 0.357. The molecule has 0 aliphatic carbocycles. The Kier molecular flexibility index (Phi) is 4.99. The van der Waals surface area contributed by atoms with Crippen molar-refractivity contribution < 1.29 is 9.15 Å². The van der Waals surface area contributed by atoms with Crippen molar-refractivity contribution in [2.75, 3.05) is 0 Å². The molecule has 0 aromatic carbocycles. The Morgan fingerprint density at radius 3 is 3.00 bits per heavy atom. The Hall–Kier alpha value is -1.33. The highest BCUT2D eigenvalue weighted by atomic mass is 79.9. The van der Waals surface area contributed by atoms with Crippen molar-refractivity contribution in [2.24, 2.45) is 0 Å². The molecule has 2 rings (SSSR count). The molecule has 5 heteroatoms. The van der Waals surface area contributed by atoms with Gasteiger partial charge in [0.2, 0.25) is 0 Å². The van der Waals surface area contributed by atoms with Gasteiger partial charge in [-0.15, -0.1) is 0 Å². The summed E-state index contributed by atoms with van der Waals surface area (Å²) in [6, 6.07) is 4.25. The zero-order chi connectivity index (χ0) is 13.7. The lowest BCUT2D eigenvalue weighted by Crippen LogP contribution is -2.22. The maximum absolute atomic E-state index is 5.70. The normalized spacial score (nSPS) is 10.9. The summed E-state index contributed by atoms with van der Waals surface area (Å²) >= 11 is 3.37. The van der Waals surface area contributed by atoms with E-state index in [2.05, 4.69) is 40.1 Å². The van der Waals surface area contributed by atoms with Gasteiger partial charge in [0, 0.05) is 22.3 Å². The predicted octanol–water partition coefficient (Wildman–Crippen LogP) is 3.51. The first-order valence-electron chi connectivity index (χ1n) is 6.17. The summed E-state index contributed by atoms with van der Waals surface area (Å²) in [5.41, 5.74) is 1.05. The van der Waals surface area contributed by atoms with Crippen molar-refractivity contribution in [2.45, 2.75) is 33.0 Å². The molecule has 0 amide bonds. The maximum Gasteiger partial charge on any atom is 0.139 e. The van der Waals surface area contributed by atoms with Crippen LogP contribution in [0.4, 0.5) is 0 Å². The summed E-state index contributed by atoms with van der Waals surface area (Å²) in [5, 5.41) is 3.33. The smallest absolute Gasteiger partial charge is 0.139 e. The Balaban J connectivity index is 1.94. The lowest BCUT2D eigenvalue weighted by molar-refractivity contribution is 0.299. The molecule has 0 aliphatic rings. The minimum Gasteiger partial charge on any atom is -0.487 e. The number of pyridine rings is 1. The standard InChI is InChI=1S/C14H17BrN2O2/c1-10(2)17-8-14-11(3-4-18-14)9-19-13-5-12(15)6-16-7-13/h3-7,10,17H,8-9H2,1-2H3. The zero-order valence-electron chi connectivity index (χ0n) is 11.0. The number of furan rings is 1. The number of aromatic nitrogens is 1. The van der Waals surface area contributed by atoms with Crippen LogP contribution in [-0.2, 0) is 13.2 Å². The van der Waals surface area contributed by atoms with Gasteiger partial charge in [0.15, 0.2) is 0 Å². The summed E-state index contributed by atoms with van der Waals surface area (Å²) in [5.74, 6) is 1.65. The molecule has 1 N–H and O–H groups in total. The fourth-order valence-electron chi connectivity index (χ4n) is 1.58. The molecule has 2 aromatic heterocycles. The minimum absolute atomic E-state index is 0.424. The largest absolute Gasteiger partial charge is 0.487 e. The molecule has 0 saturated heterocycles. The van der Waals surface area contributed by atoms with E-state index < -0.39 is 0 Å². The van der Waals surface area contributed by atoms with E-state index in [1.54, 1.807) is 18.7 Å². The van der Waals surface area contributed by atoms with E-state index in [1.807, 2.05) is 12.1 Å². The van der Waals surface area contributed by atoms with Crippen LogP contribution in [0.25, 0.3) is 0 Å². The van der Waals surface area contributed by atoms with E-state index in [-0.39, 0.29) is 0 Å². The molecule has 0 spiro atoms. The number of nitrogens with zero attached hydrogens (tertiary/aromatic N) is 1. The van der Waals surface area contributed by atoms with Crippen molar-refractivity contribution in [3.63, 3.8) is 0 Å². The Labute approximate surface area is 121 Å². The van der Waals surface area contributed by atoms with Gasteiger partial charge in [0.05, 0.1) is 19.0 Å². The quantitative estimate of drug-likeness (QED) is 0.883. The molecule has 0 radical (unpaired) electrons. The second-order valence-corrected chi connectivity index (χ2v) is 5.45. The number of halogens is 1. The summed E-state index contributed by atoms with van der Waals surface area (Å²) in [6.45, 7) is 5.39. The van der Waals surface area contributed by atoms with Crippen LogP contribution in [0.1, 0.15) is 25.2 Å². The Morgan fingerprint density at radius 2 is 2.26 bits per heavy atom. The van der Waals surface area contributed by atoms with Crippen LogP contribution in [0.3, 0.4) is 0 Å². The van der Waals surface area contributed by atoms with E-state index >= 15 is 0 Å². The Morgan fingerprint density at radius 1 is 1.42 bits per heavy atom. The summed E-state index contributed by atoms with van der Waals surface area (Å²) < 4.78 is 12.1. The second kappa shape index (κ2) is 6.73. The number of ether oxygens (including phenoxy) is 1. The van der Waals surface area contributed by atoms with Crippen molar-refractivity contribution in [1.29, 1.82) is 0 Å². The molecule has 0 fully saturated rings. The van der Waals surface area contributed by atoms with E-state index in [4.69, 9.17) is 9.15 Å². The first-order chi connectivity index (χ1) is 9.15. The molecule has 2 aromatic rings. The molecular formula is C14H17BrN2O2. The van der Waals surface area contributed by atoms with Gasteiger partial charge < -0.3 is 14.5 Å². The van der Waals surface area contributed by atoms with E-state index in [9.17, 15) is 0 Å². The maximum atomic E-state index is 5.70. The molecule has 0 saturated carbocycles. The average molecular weight is 325 g/mol. The Bertz CT molecular complexity index is 526. The van der Waals surface area contributed by atoms with Gasteiger partial charge in [-0.1, -0.05) is 13.8 Å². The molecule has 0 unspecified atom stereocenters. The van der Waals surface area contributed by atoms with Crippen LogP contribution in [-0.4, -0.2) is 11.0 Å². The van der Waals surface area contributed by atoms with Gasteiger partial charge in [-0.05, 0) is 28.1 Å². The van der Waals surface area contributed by atoms with Crippen LogP contribution < -0.4 is 10.1 Å². The number of hydrogen-bond acceptors (Lipinski definition) is 4. The van der Waals surface area contributed by atoms with Crippen LogP contribution in [0, 0.1) is 0 Å². The monoisotopic (exact) mass is 324 g/mol. The van der Waals surface area contributed by atoms with Crippen molar-refractivity contribution in [3.05, 3.63) is 46.6 Å². The topological polar surface area (TPSA) is 47.3 Å². The molecule has 0 bridgehead atoms. The summed E-state index contributed by atoms with van der Waals surface area (Å²) in [4.78, 5) is 4.06. The van der Waals surface area contributed by atoms with Gasteiger partial charge in [-0.2, -0.15) is 0 Å².